The van der Waals surface area contributed by atoms with Gasteiger partial charge in [0.2, 0.25) is 0 Å². The average Bonchev–Trinajstić information content (AvgIpc) is 3.04. The van der Waals surface area contributed by atoms with Gasteiger partial charge in [-0.1, -0.05) is 6.92 Å². The number of rotatable bonds is 5. The number of likely N-dealkylation sites (tertiary alicyclic amines) is 1. The molecule has 2 aliphatic rings. The number of hydrogen-bond acceptors (Lipinski definition) is 4. The van der Waals surface area contributed by atoms with E-state index in [2.05, 4.69) is 33.1 Å². The maximum absolute atomic E-state index is 4.62. The van der Waals surface area contributed by atoms with Gasteiger partial charge in [0, 0.05) is 38.4 Å². The van der Waals surface area contributed by atoms with Crippen molar-refractivity contribution in [3.8, 4) is 0 Å². The average molecular weight is 288 g/mol. The van der Waals surface area contributed by atoms with Crippen molar-refractivity contribution in [3.05, 3.63) is 18.3 Å². The lowest BCUT2D eigenvalue weighted by Crippen LogP contribution is -2.39. The fourth-order valence-electron chi connectivity index (χ4n) is 3.53. The highest BCUT2D eigenvalue weighted by atomic mass is 15.2. The zero-order valence-electron chi connectivity index (χ0n) is 13.2. The lowest BCUT2D eigenvalue weighted by Gasteiger charge is -2.33. The van der Waals surface area contributed by atoms with Crippen molar-refractivity contribution < 1.29 is 0 Å². The highest BCUT2D eigenvalue weighted by molar-refractivity contribution is 5.66. The molecule has 3 rings (SSSR count). The third kappa shape index (κ3) is 3.67. The lowest BCUT2D eigenvalue weighted by molar-refractivity contribution is 0.219. The molecule has 0 aliphatic carbocycles. The molecule has 0 radical (unpaired) electrons. The van der Waals surface area contributed by atoms with E-state index >= 15 is 0 Å². The molecule has 21 heavy (non-hydrogen) atoms. The van der Waals surface area contributed by atoms with Crippen LogP contribution >= 0.6 is 0 Å². The highest BCUT2D eigenvalue weighted by Gasteiger charge is 2.21. The summed E-state index contributed by atoms with van der Waals surface area (Å²) in [6.45, 7) is 8.28. The van der Waals surface area contributed by atoms with Crippen molar-refractivity contribution >= 4 is 11.5 Å². The van der Waals surface area contributed by atoms with Gasteiger partial charge in [-0.05, 0) is 50.8 Å². The van der Waals surface area contributed by atoms with Crippen LogP contribution in [0.15, 0.2) is 18.3 Å². The molecule has 0 saturated carbocycles. The minimum absolute atomic E-state index is 0.601. The normalized spacial score (nSPS) is 20.9. The van der Waals surface area contributed by atoms with E-state index in [-0.39, 0.29) is 0 Å². The van der Waals surface area contributed by atoms with Gasteiger partial charge in [-0.25, -0.2) is 4.98 Å². The number of aromatic nitrogens is 1. The minimum atomic E-state index is 0.601. The molecule has 116 valence electrons. The summed E-state index contributed by atoms with van der Waals surface area (Å²) >= 11 is 0. The van der Waals surface area contributed by atoms with Gasteiger partial charge < -0.3 is 15.1 Å². The first-order valence-electron chi connectivity index (χ1n) is 8.55. The van der Waals surface area contributed by atoms with Gasteiger partial charge in [0.15, 0.2) is 5.82 Å². The summed E-state index contributed by atoms with van der Waals surface area (Å²) in [7, 11) is 0. The molecule has 0 bridgehead atoms. The van der Waals surface area contributed by atoms with E-state index in [1.54, 1.807) is 0 Å². The van der Waals surface area contributed by atoms with Gasteiger partial charge in [0.1, 0.15) is 0 Å². The van der Waals surface area contributed by atoms with E-state index in [1.807, 2.05) is 12.3 Å². The Hall–Kier alpha value is -1.29. The van der Waals surface area contributed by atoms with E-state index in [0.29, 0.717) is 6.04 Å². The molecule has 1 N–H and O–H groups in total. The predicted octanol–water partition coefficient (Wildman–Crippen LogP) is 2.97. The molecule has 0 atom stereocenters. The quantitative estimate of drug-likeness (QED) is 0.902. The van der Waals surface area contributed by atoms with Crippen LogP contribution in [0.2, 0.25) is 0 Å². The van der Waals surface area contributed by atoms with Crippen LogP contribution in [0.25, 0.3) is 0 Å². The Morgan fingerprint density at radius 3 is 2.67 bits per heavy atom. The molecule has 2 saturated heterocycles. The molecular weight excluding hydrogens is 260 g/mol. The van der Waals surface area contributed by atoms with Crippen molar-refractivity contribution in [2.45, 2.75) is 45.1 Å². The Morgan fingerprint density at radius 2 is 1.95 bits per heavy atom. The molecule has 0 spiro atoms. The first-order valence-corrected chi connectivity index (χ1v) is 8.55. The molecular formula is C17H28N4. The summed E-state index contributed by atoms with van der Waals surface area (Å²) in [5.41, 5.74) is 1.23. The summed E-state index contributed by atoms with van der Waals surface area (Å²) in [5, 5.41) is 3.76. The maximum atomic E-state index is 4.62. The largest absolute Gasteiger partial charge is 0.379 e. The van der Waals surface area contributed by atoms with Crippen molar-refractivity contribution in [1.82, 2.24) is 9.88 Å². The second-order valence-corrected chi connectivity index (χ2v) is 6.33. The Kier molecular flexibility index (Phi) is 4.96. The Labute approximate surface area is 128 Å². The summed E-state index contributed by atoms with van der Waals surface area (Å²) < 4.78 is 0. The Balaban J connectivity index is 1.60. The molecule has 0 unspecified atom stereocenters. The minimum Gasteiger partial charge on any atom is -0.379 e. The smallest absolute Gasteiger partial charge is 0.151 e. The van der Waals surface area contributed by atoms with E-state index in [1.165, 1.54) is 57.4 Å². The third-order valence-corrected chi connectivity index (χ3v) is 4.68. The number of piperidine rings is 1. The monoisotopic (exact) mass is 288 g/mol. The number of hydrogen-bond donors (Lipinski definition) is 1. The molecule has 3 heterocycles. The molecule has 1 aromatic heterocycles. The maximum Gasteiger partial charge on any atom is 0.151 e. The van der Waals surface area contributed by atoms with Crippen LogP contribution in [0, 0.1) is 0 Å². The number of anilines is 2. The van der Waals surface area contributed by atoms with Gasteiger partial charge in [-0.3, -0.25) is 0 Å². The van der Waals surface area contributed by atoms with Crippen LogP contribution in [0.4, 0.5) is 11.5 Å². The standard InChI is InChI=1S/C17H28N4/c1-2-10-20-13-7-15(8-14-20)19-16-6-5-9-18-17(16)21-11-3-4-12-21/h5-6,9,15,19H,2-4,7-8,10-14H2,1H3. The van der Waals surface area contributed by atoms with Crippen molar-refractivity contribution in [2.24, 2.45) is 0 Å². The molecule has 0 aromatic carbocycles. The molecule has 4 heteroatoms. The summed E-state index contributed by atoms with van der Waals surface area (Å²) in [5.74, 6) is 1.16. The second-order valence-electron chi connectivity index (χ2n) is 6.33. The van der Waals surface area contributed by atoms with Crippen LogP contribution in [-0.4, -0.2) is 48.6 Å². The summed E-state index contributed by atoms with van der Waals surface area (Å²) in [6, 6.07) is 4.84. The lowest BCUT2D eigenvalue weighted by atomic mass is 10.0. The molecule has 4 nitrogen and oxygen atoms in total. The Bertz CT molecular complexity index is 434. The fraction of sp³-hybridized carbons (Fsp3) is 0.706. The fourth-order valence-corrected chi connectivity index (χ4v) is 3.53. The van der Waals surface area contributed by atoms with Gasteiger partial charge in [0.05, 0.1) is 5.69 Å². The number of nitrogens with zero attached hydrogens (tertiary/aromatic N) is 3. The first-order chi connectivity index (χ1) is 10.4. The van der Waals surface area contributed by atoms with E-state index < -0.39 is 0 Å². The van der Waals surface area contributed by atoms with E-state index in [0.717, 1.165) is 18.9 Å². The first kappa shape index (κ1) is 14.6. The second kappa shape index (κ2) is 7.12. The topological polar surface area (TPSA) is 31.4 Å². The van der Waals surface area contributed by atoms with Gasteiger partial charge in [-0.15, -0.1) is 0 Å². The van der Waals surface area contributed by atoms with Crippen molar-refractivity contribution in [1.29, 1.82) is 0 Å². The number of pyridine rings is 1. The van der Waals surface area contributed by atoms with Gasteiger partial charge in [0.25, 0.3) is 0 Å². The van der Waals surface area contributed by atoms with Gasteiger partial charge >= 0.3 is 0 Å². The SMILES string of the molecule is CCCN1CCC(Nc2cccnc2N2CCCC2)CC1. The highest BCUT2D eigenvalue weighted by Crippen LogP contribution is 2.28. The zero-order chi connectivity index (χ0) is 14.5. The van der Waals surface area contributed by atoms with E-state index in [9.17, 15) is 0 Å². The van der Waals surface area contributed by atoms with Crippen LogP contribution in [0.3, 0.4) is 0 Å². The predicted molar refractivity (Wildman–Crippen MR) is 89.1 cm³/mol. The van der Waals surface area contributed by atoms with Gasteiger partial charge in [-0.2, -0.15) is 0 Å². The van der Waals surface area contributed by atoms with Crippen LogP contribution in [-0.2, 0) is 0 Å². The Morgan fingerprint density at radius 1 is 1.19 bits per heavy atom. The summed E-state index contributed by atoms with van der Waals surface area (Å²) in [4.78, 5) is 9.63. The molecule has 1 aromatic rings. The van der Waals surface area contributed by atoms with Crippen molar-refractivity contribution in [3.63, 3.8) is 0 Å². The number of nitrogens with one attached hydrogen (secondary N) is 1. The third-order valence-electron chi connectivity index (χ3n) is 4.68. The van der Waals surface area contributed by atoms with Crippen molar-refractivity contribution in [2.75, 3.05) is 42.9 Å². The summed E-state index contributed by atoms with van der Waals surface area (Å²) in [6.07, 6.45) is 8.27. The molecule has 0 amide bonds. The molecule has 2 fully saturated rings. The van der Waals surface area contributed by atoms with E-state index in [4.69, 9.17) is 0 Å². The zero-order valence-corrected chi connectivity index (χ0v) is 13.2. The van der Waals surface area contributed by atoms with Crippen LogP contribution in [0.5, 0.6) is 0 Å². The van der Waals surface area contributed by atoms with Crippen LogP contribution < -0.4 is 10.2 Å². The van der Waals surface area contributed by atoms with Crippen LogP contribution in [0.1, 0.15) is 39.0 Å². The molecule has 2 aliphatic heterocycles.